The van der Waals surface area contributed by atoms with Crippen molar-refractivity contribution in [3.63, 3.8) is 0 Å². The van der Waals surface area contributed by atoms with Crippen LogP contribution in [0.3, 0.4) is 0 Å². The molecule has 0 aliphatic rings. The van der Waals surface area contributed by atoms with Crippen molar-refractivity contribution in [1.82, 2.24) is 0 Å². The predicted octanol–water partition coefficient (Wildman–Crippen LogP) is 3.90. The van der Waals surface area contributed by atoms with Crippen molar-refractivity contribution in [2.75, 3.05) is 0 Å². The second-order valence-corrected chi connectivity index (χ2v) is 6.81. The van der Waals surface area contributed by atoms with Gasteiger partial charge in [-0.3, -0.25) is 4.21 Å². The van der Waals surface area contributed by atoms with Crippen molar-refractivity contribution in [1.29, 1.82) is 0 Å². The van der Waals surface area contributed by atoms with Crippen molar-refractivity contribution in [3.05, 3.63) is 63.4 Å². The van der Waals surface area contributed by atoms with Gasteiger partial charge in [0.1, 0.15) is 5.82 Å². The molecular formula is C15H12BrFO3S. The average Bonchev–Trinajstić information content (AvgIpc) is 2.42. The Kier molecular flexibility index (Phi) is 4.90. The average molecular weight is 371 g/mol. The molecule has 0 aliphatic heterocycles. The first-order valence-electron chi connectivity index (χ1n) is 6.04. The van der Waals surface area contributed by atoms with Gasteiger partial charge in [0.2, 0.25) is 0 Å². The van der Waals surface area contributed by atoms with Crippen LogP contribution < -0.4 is 0 Å². The number of halogens is 2. The molecule has 2 rings (SSSR count). The second-order valence-electron chi connectivity index (χ2n) is 4.51. The Labute approximate surface area is 132 Å². The summed E-state index contributed by atoms with van der Waals surface area (Å²) in [5.74, 6) is -1.24. The SMILES string of the molecule is Cc1ccc(S(=O)Cc2ccc(F)cc2Br)cc1C(=O)O. The Bertz CT molecular complexity index is 731. The molecule has 0 bridgehead atoms. The van der Waals surface area contributed by atoms with Gasteiger partial charge in [-0.25, -0.2) is 9.18 Å². The molecule has 2 aromatic rings. The number of carboxylic acid groups (broad SMARTS) is 1. The molecule has 6 heteroatoms. The molecule has 21 heavy (non-hydrogen) atoms. The van der Waals surface area contributed by atoms with Crippen LogP contribution in [0.2, 0.25) is 0 Å². The maximum atomic E-state index is 13.0. The van der Waals surface area contributed by atoms with Gasteiger partial charge in [-0.05, 0) is 42.3 Å². The number of carbonyl (C=O) groups is 1. The zero-order valence-corrected chi connectivity index (χ0v) is 13.5. The lowest BCUT2D eigenvalue weighted by atomic mass is 10.1. The Balaban J connectivity index is 2.28. The van der Waals surface area contributed by atoms with Crippen molar-refractivity contribution < 1.29 is 18.5 Å². The molecule has 1 N–H and O–H groups in total. The van der Waals surface area contributed by atoms with Crippen LogP contribution in [-0.2, 0) is 16.6 Å². The van der Waals surface area contributed by atoms with Crippen LogP contribution in [0.5, 0.6) is 0 Å². The smallest absolute Gasteiger partial charge is 0.335 e. The first-order valence-corrected chi connectivity index (χ1v) is 8.16. The van der Waals surface area contributed by atoms with E-state index < -0.39 is 16.8 Å². The summed E-state index contributed by atoms with van der Waals surface area (Å²) in [7, 11) is -1.40. The largest absolute Gasteiger partial charge is 0.478 e. The summed E-state index contributed by atoms with van der Waals surface area (Å²) in [5, 5.41) is 9.09. The van der Waals surface area contributed by atoms with Crippen LogP contribution in [-0.4, -0.2) is 15.3 Å². The standard InChI is InChI=1S/C15H12BrFO3S/c1-9-2-5-12(7-13(9)15(18)19)21(20)8-10-3-4-11(17)6-14(10)16/h2-7H,8H2,1H3,(H,18,19). The third-order valence-corrected chi connectivity index (χ3v) is 5.10. The Morgan fingerprint density at radius 2 is 2.00 bits per heavy atom. The number of aromatic carboxylic acids is 1. The zero-order chi connectivity index (χ0) is 15.6. The fraction of sp³-hybridized carbons (Fsp3) is 0.133. The summed E-state index contributed by atoms with van der Waals surface area (Å²) in [6, 6.07) is 8.87. The maximum absolute atomic E-state index is 13.0. The first kappa shape index (κ1) is 15.9. The molecule has 0 spiro atoms. The number of aryl methyl sites for hydroxylation is 1. The van der Waals surface area contributed by atoms with E-state index in [4.69, 9.17) is 5.11 Å². The van der Waals surface area contributed by atoms with Gasteiger partial charge in [-0.15, -0.1) is 0 Å². The lowest BCUT2D eigenvalue weighted by molar-refractivity contribution is 0.0696. The molecule has 110 valence electrons. The number of hydrogen-bond donors (Lipinski definition) is 1. The molecule has 0 aliphatic carbocycles. The second kappa shape index (κ2) is 6.49. The van der Waals surface area contributed by atoms with Crippen molar-refractivity contribution in [2.45, 2.75) is 17.6 Å². The number of benzene rings is 2. The number of carboxylic acids is 1. The molecular weight excluding hydrogens is 359 g/mol. The lowest BCUT2D eigenvalue weighted by Gasteiger charge is -2.07. The highest BCUT2D eigenvalue weighted by molar-refractivity contribution is 9.10. The molecule has 0 heterocycles. The molecule has 0 aromatic heterocycles. The summed E-state index contributed by atoms with van der Waals surface area (Å²) < 4.78 is 25.9. The Morgan fingerprint density at radius 3 is 2.62 bits per heavy atom. The van der Waals surface area contributed by atoms with E-state index in [1.807, 2.05) is 0 Å². The molecule has 2 aromatic carbocycles. The van der Waals surface area contributed by atoms with Gasteiger partial charge >= 0.3 is 5.97 Å². The highest BCUT2D eigenvalue weighted by Gasteiger charge is 2.13. The van der Waals surface area contributed by atoms with Crippen molar-refractivity contribution in [3.8, 4) is 0 Å². The highest BCUT2D eigenvalue weighted by Crippen LogP contribution is 2.22. The van der Waals surface area contributed by atoms with Gasteiger partial charge in [0, 0.05) is 9.37 Å². The monoisotopic (exact) mass is 370 g/mol. The summed E-state index contributed by atoms with van der Waals surface area (Å²) in [4.78, 5) is 11.5. The molecule has 1 atom stereocenters. The third kappa shape index (κ3) is 3.77. The van der Waals surface area contributed by atoms with Gasteiger partial charge in [0.05, 0.1) is 22.1 Å². The van der Waals surface area contributed by atoms with Gasteiger partial charge in [0.15, 0.2) is 0 Å². The van der Waals surface area contributed by atoms with Gasteiger partial charge in [0.25, 0.3) is 0 Å². The molecule has 0 radical (unpaired) electrons. The van der Waals surface area contributed by atoms with Gasteiger partial charge in [-0.2, -0.15) is 0 Å². The van der Waals surface area contributed by atoms with Gasteiger partial charge < -0.3 is 5.11 Å². The normalized spacial score (nSPS) is 12.1. The summed E-state index contributed by atoms with van der Waals surface area (Å²) in [6.45, 7) is 1.69. The van der Waals surface area contributed by atoms with Crippen LogP contribution in [0.1, 0.15) is 21.5 Å². The summed E-state index contributed by atoms with van der Waals surface area (Å²) >= 11 is 3.23. The molecule has 0 amide bonds. The summed E-state index contributed by atoms with van der Waals surface area (Å²) in [5.41, 5.74) is 1.46. The first-order chi connectivity index (χ1) is 9.88. The molecule has 3 nitrogen and oxygen atoms in total. The quantitative estimate of drug-likeness (QED) is 0.887. The van der Waals surface area contributed by atoms with Crippen molar-refractivity contribution >= 4 is 32.7 Å². The van der Waals surface area contributed by atoms with E-state index in [1.54, 1.807) is 25.1 Å². The minimum absolute atomic E-state index is 0.138. The van der Waals surface area contributed by atoms with E-state index in [2.05, 4.69) is 15.9 Å². The van der Waals surface area contributed by atoms with Gasteiger partial charge in [-0.1, -0.05) is 28.1 Å². The van der Waals surface area contributed by atoms with E-state index in [1.165, 1.54) is 18.2 Å². The third-order valence-electron chi connectivity index (χ3n) is 3.00. The Morgan fingerprint density at radius 1 is 1.29 bits per heavy atom. The van der Waals surface area contributed by atoms with Crippen molar-refractivity contribution in [2.24, 2.45) is 0 Å². The summed E-state index contributed by atoms with van der Waals surface area (Å²) in [6.07, 6.45) is 0. The topological polar surface area (TPSA) is 54.4 Å². The fourth-order valence-electron chi connectivity index (χ4n) is 1.84. The lowest BCUT2D eigenvalue weighted by Crippen LogP contribution is -2.03. The van der Waals surface area contributed by atoms with Crippen LogP contribution >= 0.6 is 15.9 Å². The van der Waals surface area contributed by atoms with Crippen LogP contribution in [0, 0.1) is 12.7 Å². The minimum atomic E-state index is -1.40. The molecule has 1 unspecified atom stereocenters. The van der Waals surface area contributed by atoms with E-state index in [0.29, 0.717) is 20.5 Å². The molecule has 0 saturated heterocycles. The molecule has 0 fully saturated rings. The van der Waals surface area contributed by atoms with E-state index in [0.717, 1.165) is 0 Å². The Hall–Kier alpha value is -1.53. The fourth-order valence-corrected chi connectivity index (χ4v) is 3.68. The minimum Gasteiger partial charge on any atom is -0.478 e. The van der Waals surface area contributed by atoms with Crippen LogP contribution in [0.25, 0.3) is 0 Å². The number of rotatable bonds is 4. The van der Waals surface area contributed by atoms with E-state index in [9.17, 15) is 13.4 Å². The van der Waals surface area contributed by atoms with E-state index in [-0.39, 0.29) is 17.1 Å². The molecule has 0 saturated carbocycles. The maximum Gasteiger partial charge on any atom is 0.335 e. The highest BCUT2D eigenvalue weighted by atomic mass is 79.9. The number of hydrogen-bond acceptors (Lipinski definition) is 2. The zero-order valence-electron chi connectivity index (χ0n) is 11.1. The van der Waals surface area contributed by atoms with E-state index >= 15 is 0 Å². The predicted molar refractivity (Wildman–Crippen MR) is 82.4 cm³/mol. The van der Waals surface area contributed by atoms with Crippen LogP contribution in [0.15, 0.2) is 45.8 Å². The van der Waals surface area contributed by atoms with Crippen LogP contribution in [0.4, 0.5) is 4.39 Å².